The number of methoxy groups -OCH3 is 1. The summed E-state index contributed by atoms with van der Waals surface area (Å²) >= 11 is 0. The molecule has 5 rings (SSSR count). The van der Waals surface area contributed by atoms with E-state index in [0.717, 1.165) is 11.3 Å². The third-order valence-electron chi connectivity index (χ3n) is 6.15. The topological polar surface area (TPSA) is 79.3 Å². The molecule has 4 atom stereocenters. The van der Waals surface area contributed by atoms with E-state index in [0.29, 0.717) is 26.2 Å². The van der Waals surface area contributed by atoms with Gasteiger partial charge in [0, 0.05) is 19.6 Å². The average Bonchev–Trinajstić information content (AvgIpc) is 3.27. The molecule has 0 aliphatic carbocycles. The van der Waals surface area contributed by atoms with Crippen LogP contribution in [0.2, 0.25) is 0 Å². The van der Waals surface area contributed by atoms with Crippen molar-refractivity contribution < 1.29 is 24.2 Å². The Morgan fingerprint density at radius 3 is 2.96 bits per heavy atom. The quantitative estimate of drug-likeness (QED) is 0.765. The molecular formula is C20H22N2O5. The van der Waals surface area contributed by atoms with Crippen LogP contribution in [0.15, 0.2) is 36.4 Å². The lowest BCUT2D eigenvalue weighted by atomic mass is 9.76. The van der Waals surface area contributed by atoms with Gasteiger partial charge in [-0.1, -0.05) is 24.3 Å². The summed E-state index contributed by atoms with van der Waals surface area (Å²) < 4.78 is 11.4. The Kier molecular flexibility index (Phi) is 3.61. The number of rotatable bonds is 4. The van der Waals surface area contributed by atoms with Crippen LogP contribution in [0.1, 0.15) is 5.56 Å². The van der Waals surface area contributed by atoms with Crippen LogP contribution in [-0.2, 0) is 20.9 Å². The summed E-state index contributed by atoms with van der Waals surface area (Å²) in [5.74, 6) is -0.352. The van der Waals surface area contributed by atoms with Crippen LogP contribution in [-0.4, -0.2) is 71.3 Å². The van der Waals surface area contributed by atoms with Crippen molar-refractivity contribution in [1.82, 2.24) is 9.80 Å². The summed E-state index contributed by atoms with van der Waals surface area (Å²) in [5, 5.41) is 9.50. The van der Waals surface area contributed by atoms with Gasteiger partial charge in [0.25, 0.3) is 0 Å². The molecule has 0 saturated carbocycles. The maximum atomic E-state index is 13.2. The summed E-state index contributed by atoms with van der Waals surface area (Å²) in [6.07, 6.45) is 3.07. The van der Waals surface area contributed by atoms with Crippen molar-refractivity contribution in [2.45, 2.75) is 24.4 Å². The molecular weight excluding hydrogens is 348 g/mol. The first-order valence-electron chi connectivity index (χ1n) is 9.26. The monoisotopic (exact) mass is 370 g/mol. The van der Waals surface area contributed by atoms with Gasteiger partial charge in [0.2, 0.25) is 11.8 Å². The summed E-state index contributed by atoms with van der Waals surface area (Å²) in [5.41, 5.74) is 0.274. The second-order valence-corrected chi connectivity index (χ2v) is 7.84. The summed E-state index contributed by atoms with van der Waals surface area (Å²) in [6.45, 7) is 1.59. The Morgan fingerprint density at radius 2 is 2.22 bits per heavy atom. The first kappa shape index (κ1) is 16.8. The second kappa shape index (κ2) is 5.81. The normalized spacial score (nSPS) is 34.1. The van der Waals surface area contributed by atoms with E-state index in [2.05, 4.69) is 0 Å². The molecule has 2 amide bonds. The Balaban J connectivity index is 1.38. The number of nitrogens with zero attached hydrogens (tertiary/aromatic N) is 2. The lowest BCUT2D eigenvalue weighted by Gasteiger charge is -2.39. The number of likely N-dealkylation sites (tertiary alicyclic amines) is 2. The van der Waals surface area contributed by atoms with Gasteiger partial charge in [-0.25, -0.2) is 0 Å². The Bertz CT molecular complexity index is 833. The van der Waals surface area contributed by atoms with E-state index < -0.39 is 23.5 Å². The summed E-state index contributed by atoms with van der Waals surface area (Å²) in [6, 6.07) is 7.64. The van der Waals surface area contributed by atoms with Gasteiger partial charge in [0.1, 0.15) is 11.4 Å². The Morgan fingerprint density at radius 1 is 1.41 bits per heavy atom. The third-order valence-corrected chi connectivity index (χ3v) is 6.15. The first-order valence-corrected chi connectivity index (χ1v) is 9.26. The van der Waals surface area contributed by atoms with Crippen molar-refractivity contribution in [3.63, 3.8) is 0 Å². The third kappa shape index (κ3) is 2.41. The number of hydrogen-bond donors (Lipinski definition) is 1. The van der Waals surface area contributed by atoms with Crippen molar-refractivity contribution in [1.29, 1.82) is 0 Å². The van der Waals surface area contributed by atoms with Crippen LogP contribution < -0.4 is 4.74 Å². The highest BCUT2D eigenvalue weighted by Gasteiger charge is 2.67. The van der Waals surface area contributed by atoms with Crippen molar-refractivity contribution in [3.05, 3.63) is 42.0 Å². The highest BCUT2D eigenvalue weighted by atomic mass is 16.5. The minimum Gasteiger partial charge on any atom is -0.497 e. The lowest BCUT2D eigenvalue weighted by molar-refractivity contribution is -0.151. The standard InChI is InChI=1S/C20H22N2O5/c1-26-14-4-2-3-12(7-14)8-22-11-20-6-5-15(27-20)16(17(20)19(22)25)18(24)21-9-13(23)10-21/h2-7,13,15-17,23H,8-11H2,1H3/t15-,16?,17?,20-/m0/s1. The van der Waals surface area contributed by atoms with E-state index in [1.54, 1.807) is 16.9 Å². The molecule has 3 fully saturated rings. The number of β-amino-alcohol motifs (C(OH)–C–C–N with tert-alkyl or cyclic N) is 1. The van der Waals surface area contributed by atoms with Crippen LogP contribution in [0.3, 0.4) is 0 Å². The molecule has 3 saturated heterocycles. The number of carbonyl (C=O) groups is 2. The lowest BCUT2D eigenvalue weighted by Crippen LogP contribution is -2.57. The van der Waals surface area contributed by atoms with Crippen molar-refractivity contribution >= 4 is 11.8 Å². The Hall–Kier alpha value is -2.38. The predicted octanol–water partition coefficient (Wildman–Crippen LogP) is 0.180. The number of aliphatic hydroxyl groups excluding tert-OH is 1. The van der Waals surface area contributed by atoms with Crippen LogP contribution in [0.25, 0.3) is 0 Å². The maximum Gasteiger partial charge on any atom is 0.230 e. The number of carbonyl (C=O) groups excluding carboxylic acids is 2. The molecule has 1 aromatic rings. The fraction of sp³-hybridized carbons (Fsp3) is 0.500. The van der Waals surface area contributed by atoms with E-state index in [1.165, 1.54) is 0 Å². The zero-order valence-electron chi connectivity index (χ0n) is 15.1. The summed E-state index contributed by atoms with van der Waals surface area (Å²) in [7, 11) is 1.61. The molecule has 2 bridgehead atoms. The summed E-state index contributed by atoms with van der Waals surface area (Å²) in [4.78, 5) is 29.5. The minimum atomic E-state index is -0.704. The molecule has 142 valence electrons. The molecule has 7 heteroatoms. The molecule has 4 heterocycles. The van der Waals surface area contributed by atoms with E-state index in [1.807, 2.05) is 36.4 Å². The second-order valence-electron chi connectivity index (χ2n) is 7.84. The fourth-order valence-corrected chi connectivity index (χ4v) is 4.83. The largest absolute Gasteiger partial charge is 0.497 e. The zero-order valence-corrected chi connectivity index (χ0v) is 15.1. The van der Waals surface area contributed by atoms with Crippen LogP contribution >= 0.6 is 0 Å². The molecule has 4 aliphatic heterocycles. The van der Waals surface area contributed by atoms with Gasteiger partial charge < -0.3 is 24.4 Å². The highest BCUT2D eigenvalue weighted by molar-refractivity contribution is 5.93. The van der Waals surface area contributed by atoms with Crippen LogP contribution in [0.5, 0.6) is 5.75 Å². The van der Waals surface area contributed by atoms with Gasteiger partial charge in [-0.2, -0.15) is 0 Å². The van der Waals surface area contributed by atoms with Gasteiger partial charge >= 0.3 is 0 Å². The van der Waals surface area contributed by atoms with Gasteiger partial charge in [0.15, 0.2) is 0 Å². The maximum absolute atomic E-state index is 13.2. The molecule has 2 unspecified atom stereocenters. The van der Waals surface area contributed by atoms with Crippen molar-refractivity contribution in [2.24, 2.45) is 11.8 Å². The fourth-order valence-electron chi connectivity index (χ4n) is 4.83. The smallest absolute Gasteiger partial charge is 0.230 e. The highest BCUT2D eigenvalue weighted by Crippen LogP contribution is 2.52. The molecule has 0 aromatic heterocycles. The number of benzene rings is 1. The Labute approximate surface area is 157 Å². The van der Waals surface area contributed by atoms with Crippen molar-refractivity contribution in [3.8, 4) is 5.75 Å². The van der Waals surface area contributed by atoms with E-state index in [4.69, 9.17) is 9.47 Å². The van der Waals surface area contributed by atoms with Gasteiger partial charge in [0.05, 0.1) is 37.7 Å². The molecule has 27 heavy (non-hydrogen) atoms. The molecule has 4 aliphatic rings. The van der Waals surface area contributed by atoms with Gasteiger partial charge in [-0.15, -0.1) is 0 Å². The van der Waals surface area contributed by atoms with E-state index >= 15 is 0 Å². The van der Waals surface area contributed by atoms with Crippen molar-refractivity contribution in [2.75, 3.05) is 26.7 Å². The molecule has 1 N–H and O–H groups in total. The number of ether oxygens (including phenoxy) is 2. The van der Waals surface area contributed by atoms with Crippen LogP contribution in [0.4, 0.5) is 0 Å². The molecule has 1 aromatic carbocycles. The zero-order chi connectivity index (χ0) is 18.8. The number of hydrogen-bond acceptors (Lipinski definition) is 5. The number of fused-ring (bicyclic) bond motifs is 1. The van der Waals surface area contributed by atoms with E-state index in [9.17, 15) is 14.7 Å². The minimum absolute atomic E-state index is 0.0379. The van der Waals surface area contributed by atoms with E-state index in [-0.39, 0.29) is 17.9 Å². The molecule has 1 spiro atoms. The van der Waals surface area contributed by atoms with Crippen LogP contribution in [0, 0.1) is 11.8 Å². The average molecular weight is 370 g/mol. The van der Waals surface area contributed by atoms with Gasteiger partial charge in [-0.3, -0.25) is 9.59 Å². The van der Waals surface area contributed by atoms with Gasteiger partial charge in [-0.05, 0) is 17.7 Å². The molecule has 0 radical (unpaired) electrons. The number of amides is 2. The first-order chi connectivity index (χ1) is 13.0. The molecule has 7 nitrogen and oxygen atoms in total. The number of aliphatic hydroxyl groups is 1. The predicted molar refractivity (Wildman–Crippen MR) is 94.7 cm³/mol. The SMILES string of the molecule is COc1cccc(CN2C[C@]34C=C[C@H](O3)C(C(=O)N3CC(O)C3)C4C2=O)c1.